The van der Waals surface area contributed by atoms with Crippen molar-refractivity contribution in [1.82, 2.24) is 10.1 Å². The summed E-state index contributed by atoms with van der Waals surface area (Å²) in [5.74, 6) is 0.726. The van der Waals surface area contributed by atoms with E-state index in [0.29, 0.717) is 31.8 Å². The second-order valence-electron chi connectivity index (χ2n) is 9.13. The van der Waals surface area contributed by atoms with E-state index in [0.717, 1.165) is 5.82 Å². The number of carbonyl (C=O) groups is 1. The number of ether oxygens (including phenoxy) is 1. The van der Waals surface area contributed by atoms with Crippen molar-refractivity contribution in [3.05, 3.63) is 6.07 Å². The molecule has 2 saturated heterocycles. The highest BCUT2D eigenvalue weighted by molar-refractivity contribution is 6.60. The maximum atomic E-state index is 12.2. The summed E-state index contributed by atoms with van der Waals surface area (Å²) in [5, 5.41) is 4.17. The smallest absolute Gasteiger partial charge is 0.444 e. The molecule has 0 radical (unpaired) electrons. The van der Waals surface area contributed by atoms with Crippen molar-refractivity contribution in [3.63, 3.8) is 0 Å². The number of hydrogen-bond donors (Lipinski definition) is 0. The average molecular weight is 379 g/mol. The lowest BCUT2D eigenvalue weighted by Gasteiger charge is -2.35. The van der Waals surface area contributed by atoms with Crippen LogP contribution in [0.4, 0.5) is 10.6 Å². The van der Waals surface area contributed by atoms with Crippen molar-refractivity contribution in [1.29, 1.82) is 0 Å². The number of nitrogens with zero attached hydrogens (tertiary/aromatic N) is 3. The SMILES string of the molecule is CC(C)(C)OC(=O)N1CCN(c2cc(B3OC(C)(C)C(C)(C)O3)on2)CC1. The molecule has 0 saturated carbocycles. The minimum Gasteiger partial charge on any atom is -0.444 e. The number of hydrogen-bond acceptors (Lipinski definition) is 7. The fraction of sp³-hybridized carbons (Fsp3) is 0.778. The molecule has 2 aliphatic rings. The molecule has 0 aliphatic carbocycles. The van der Waals surface area contributed by atoms with Crippen LogP contribution in [0.25, 0.3) is 0 Å². The van der Waals surface area contributed by atoms with Gasteiger partial charge in [0.15, 0.2) is 11.5 Å². The monoisotopic (exact) mass is 379 g/mol. The second kappa shape index (κ2) is 6.70. The first kappa shape index (κ1) is 20.0. The maximum absolute atomic E-state index is 12.2. The second-order valence-corrected chi connectivity index (χ2v) is 9.13. The highest BCUT2D eigenvalue weighted by Gasteiger charge is 2.53. The largest absolute Gasteiger partial charge is 0.535 e. The fourth-order valence-corrected chi connectivity index (χ4v) is 2.94. The van der Waals surface area contributed by atoms with Gasteiger partial charge >= 0.3 is 13.2 Å². The predicted molar refractivity (Wildman–Crippen MR) is 102 cm³/mol. The Morgan fingerprint density at radius 2 is 1.67 bits per heavy atom. The summed E-state index contributed by atoms with van der Waals surface area (Å²) in [4.78, 5) is 16.0. The van der Waals surface area contributed by atoms with E-state index in [1.807, 2.05) is 54.5 Å². The Labute approximate surface area is 161 Å². The van der Waals surface area contributed by atoms with E-state index in [2.05, 4.69) is 10.1 Å². The first-order valence-corrected chi connectivity index (χ1v) is 9.43. The van der Waals surface area contributed by atoms with Crippen molar-refractivity contribution in [3.8, 4) is 0 Å². The molecule has 0 atom stereocenters. The molecule has 27 heavy (non-hydrogen) atoms. The van der Waals surface area contributed by atoms with Gasteiger partial charge in [-0.1, -0.05) is 5.16 Å². The molecule has 0 aromatic carbocycles. The minimum absolute atomic E-state index is 0.278. The summed E-state index contributed by atoms with van der Waals surface area (Å²) in [7, 11) is -0.570. The third-order valence-corrected chi connectivity index (χ3v) is 5.26. The highest BCUT2D eigenvalue weighted by atomic mass is 16.7. The molecule has 3 heterocycles. The Kier molecular flexibility index (Phi) is 4.97. The molecule has 9 heteroatoms. The van der Waals surface area contributed by atoms with Gasteiger partial charge in [0.25, 0.3) is 0 Å². The first-order valence-electron chi connectivity index (χ1n) is 9.43. The van der Waals surface area contributed by atoms with Gasteiger partial charge in [0.05, 0.1) is 11.2 Å². The standard InChI is InChI=1S/C18H30BN3O5/c1-16(2,3)24-15(23)22-10-8-21(9-11-22)14-12-13(25-20-14)19-26-17(4,5)18(6,7)27-19/h12H,8-11H2,1-7H3. The molecule has 1 aromatic heterocycles. The summed E-state index contributed by atoms with van der Waals surface area (Å²) in [5.41, 5.74) is -0.788. The van der Waals surface area contributed by atoms with E-state index in [1.165, 1.54) is 0 Å². The number of anilines is 1. The molecule has 150 valence electrons. The number of rotatable bonds is 2. The lowest BCUT2D eigenvalue weighted by molar-refractivity contribution is 0.00578. The van der Waals surface area contributed by atoms with Crippen molar-refractivity contribution in [2.45, 2.75) is 65.3 Å². The number of carbonyl (C=O) groups excluding carboxylic acids is 1. The number of piperazine rings is 1. The Bertz CT molecular complexity index is 673. The fourth-order valence-electron chi connectivity index (χ4n) is 2.94. The molecule has 0 N–H and O–H groups in total. The Balaban J connectivity index is 1.58. The Morgan fingerprint density at radius 3 is 2.19 bits per heavy atom. The maximum Gasteiger partial charge on any atom is 0.535 e. The zero-order chi connectivity index (χ0) is 20.0. The van der Waals surface area contributed by atoms with E-state index in [9.17, 15) is 4.79 Å². The van der Waals surface area contributed by atoms with Crippen molar-refractivity contribution in [2.75, 3.05) is 31.1 Å². The first-order chi connectivity index (χ1) is 12.4. The van der Waals surface area contributed by atoms with Gasteiger partial charge in [0.1, 0.15) is 5.60 Å². The lowest BCUT2D eigenvalue weighted by atomic mass is 9.86. The van der Waals surface area contributed by atoms with Gasteiger partial charge in [0.2, 0.25) is 0 Å². The number of amides is 1. The molecule has 0 spiro atoms. The van der Waals surface area contributed by atoms with Gasteiger partial charge in [-0.15, -0.1) is 0 Å². The van der Waals surface area contributed by atoms with Crippen LogP contribution in [-0.4, -0.2) is 66.3 Å². The topological polar surface area (TPSA) is 77.3 Å². The van der Waals surface area contributed by atoms with Crippen LogP contribution in [0.3, 0.4) is 0 Å². The van der Waals surface area contributed by atoms with Crippen molar-refractivity contribution >= 4 is 24.7 Å². The molecule has 1 amide bonds. The van der Waals surface area contributed by atoms with Crippen LogP contribution in [0.2, 0.25) is 0 Å². The van der Waals surface area contributed by atoms with Crippen LogP contribution in [0.5, 0.6) is 0 Å². The summed E-state index contributed by atoms with van der Waals surface area (Å²) < 4.78 is 22.9. The molecule has 0 unspecified atom stereocenters. The molecule has 3 rings (SSSR count). The van der Waals surface area contributed by atoms with E-state index in [1.54, 1.807) is 4.90 Å². The van der Waals surface area contributed by atoms with Crippen LogP contribution in [0, 0.1) is 0 Å². The normalized spacial score (nSPS) is 22.3. The Morgan fingerprint density at radius 1 is 1.11 bits per heavy atom. The molecule has 0 bridgehead atoms. The number of aromatic nitrogens is 1. The van der Waals surface area contributed by atoms with Crippen molar-refractivity contribution < 1.29 is 23.4 Å². The van der Waals surface area contributed by atoms with E-state index < -0.39 is 23.9 Å². The molecule has 1 aromatic rings. The summed E-state index contributed by atoms with van der Waals surface area (Å²) in [6.07, 6.45) is -0.278. The average Bonchev–Trinajstić information content (AvgIpc) is 3.09. The highest BCUT2D eigenvalue weighted by Crippen LogP contribution is 2.36. The zero-order valence-electron chi connectivity index (χ0n) is 17.4. The van der Waals surface area contributed by atoms with E-state index >= 15 is 0 Å². The molecule has 2 fully saturated rings. The molecule has 8 nitrogen and oxygen atoms in total. The van der Waals surface area contributed by atoms with E-state index in [-0.39, 0.29) is 6.09 Å². The molecular formula is C18H30BN3O5. The van der Waals surface area contributed by atoms with Gasteiger partial charge in [-0.2, -0.15) is 0 Å². The van der Waals surface area contributed by atoms with Crippen LogP contribution in [0.1, 0.15) is 48.5 Å². The Hall–Kier alpha value is -1.74. The summed E-state index contributed by atoms with van der Waals surface area (Å²) in [6.45, 7) is 16.1. The van der Waals surface area contributed by atoms with Gasteiger partial charge < -0.3 is 28.4 Å². The zero-order valence-corrected chi connectivity index (χ0v) is 17.4. The summed E-state index contributed by atoms with van der Waals surface area (Å²) >= 11 is 0. The lowest BCUT2D eigenvalue weighted by Crippen LogP contribution is -2.50. The van der Waals surface area contributed by atoms with E-state index in [4.69, 9.17) is 18.6 Å². The molecular weight excluding hydrogens is 349 g/mol. The van der Waals surface area contributed by atoms with Crippen LogP contribution in [0.15, 0.2) is 10.6 Å². The minimum atomic E-state index is -0.570. The third-order valence-electron chi connectivity index (χ3n) is 5.26. The van der Waals surface area contributed by atoms with Gasteiger partial charge in [-0.05, 0) is 48.5 Å². The summed E-state index contributed by atoms with van der Waals surface area (Å²) in [6, 6.07) is 1.85. The quantitative estimate of drug-likeness (QED) is 0.728. The van der Waals surface area contributed by atoms with Crippen molar-refractivity contribution in [2.24, 2.45) is 0 Å². The third kappa shape index (κ3) is 4.24. The van der Waals surface area contributed by atoms with Crippen LogP contribution >= 0.6 is 0 Å². The van der Waals surface area contributed by atoms with Crippen LogP contribution < -0.4 is 10.6 Å². The predicted octanol–water partition coefficient (Wildman–Crippen LogP) is 2.03. The van der Waals surface area contributed by atoms with Gasteiger partial charge in [-0.3, -0.25) is 0 Å². The van der Waals surface area contributed by atoms with Crippen LogP contribution in [-0.2, 0) is 14.0 Å². The molecule has 2 aliphatic heterocycles. The van der Waals surface area contributed by atoms with Gasteiger partial charge in [0, 0.05) is 32.2 Å². The van der Waals surface area contributed by atoms with Gasteiger partial charge in [-0.25, -0.2) is 4.79 Å².